The van der Waals surface area contributed by atoms with Crippen molar-refractivity contribution in [2.75, 3.05) is 13.7 Å². The summed E-state index contributed by atoms with van der Waals surface area (Å²) in [6.45, 7) is 5.28. The van der Waals surface area contributed by atoms with E-state index in [-0.39, 0.29) is 17.8 Å². The van der Waals surface area contributed by atoms with Gasteiger partial charge in [-0.05, 0) is 26.7 Å². The van der Waals surface area contributed by atoms with Gasteiger partial charge in [-0.15, -0.1) is 0 Å². The van der Waals surface area contributed by atoms with E-state index >= 15 is 0 Å². The number of rotatable bonds is 1. The smallest absolute Gasteiger partial charge is 0.107 e. The van der Waals surface area contributed by atoms with Gasteiger partial charge in [0.25, 0.3) is 0 Å². The highest BCUT2D eigenvalue weighted by molar-refractivity contribution is 4.99. The Morgan fingerprint density at radius 3 is 2.80 bits per heavy atom. The second-order valence-electron chi connectivity index (χ2n) is 5.03. The van der Waals surface area contributed by atoms with E-state index in [9.17, 15) is 0 Å². The van der Waals surface area contributed by atoms with Crippen LogP contribution in [0.4, 0.5) is 0 Å². The molecule has 0 amide bonds. The van der Waals surface area contributed by atoms with Crippen LogP contribution < -0.4 is 5.32 Å². The van der Waals surface area contributed by atoms with Gasteiger partial charge in [-0.2, -0.15) is 0 Å². The van der Waals surface area contributed by atoms with Gasteiger partial charge < -0.3 is 14.8 Å². The molecule has 4 unspecified atom stereocenters. The van der Waals surface area contributed by atoms with Crippen LogP contribution in [-0.2, 0) is 9.47 Å². The topological polar surface area (TPSA) is 30.5 Å². The first-order chi connectivity index (χ1) is 7.18. The standard InChI is InChI=1S/C12H23NO2/c1-9-10(2)15-12(8-13-9)7-5-4-6-11(12)14-3/h9-11,13H,4-8H2,1-3H3. The van der Waals surface area contributed by atoms with Crippen molar-refractivity contribution in [1.29, 1.82) is 0 Å². The van der Waals surface area contributed by atoms with E-state index in [0.717, 1.165) is 19.4 Å². The summed E-state index contributed by atoms with van der Waals surface area (Å²) in [6.07, 6.45) is 5.37. The average Bonchev–Trinajstić information content (AvgIpc) is 2.25. The molecular formula is C12H23NO2. The minimum atomic E-state index is -0.0566. The molecule has 1 saturated carbocycles. The van der Waals surface area contributed by atoms with E-state index in [0.29, 0.717) is 6.04 Å². The number of nitrogens with one attached hydrogen (secondary N) is 1. The van der Waals surface area contributed by atoms with Gasteiger partial charge in [-0.3, -0.25) is 0 Å². The molecule has 0 aromatic carbocycles. The molecule has 0 radical (unpaired) electrons. The molecule has 3 nitrogen and oxygen atoms in total. The van der Waals surface area contributed by atoms with Crippen LogP contribution in [0, 0.1) is 0 Å². The summed E-state index contributed by atoms with van der Waals surface area (Å²) in [4.78, 5) is 0. The quantitative estimate of drug-likeness (QED) is 0.719. The third kappa shape index (κ3) is 2.05. The highest BCUT2D eigenvalue weighted by atomic mass is 16.6. The molecule has 0 aromatic heterocycles. The summed E-state index contributed by atoms with van der Waals surface area (Å²) in [5.41, 5.74) is -0.0566. The van der Waals surface area contributed by atoms with Crippen molar-refractivity contribution in [3.8, 4) is 0 Å². The van der Waals surface area contributed by atoms with Crippen LogP contribution in [-0.4, -0.2) is 37.5 Å². The Morgan fingerprint density at radius 1 is 1.33 bits per heavy atom. The van der Waals surface area contributed by atoms with Crippen molar-refractivity contribution >= 4 is 0 Å². The lowest BCUT2D eigenvalue weighted by Gasteiger charge is -2.49. The zero-order valence-corrected chi connectivity index (χ0v) is 10.1. The van der Waals surface area contributed by atoms with E-state index < -0.39 is 0 Å². The monoisotopic (exact) mass is 213 g/mol. The molecule has 1 N–H and O–H groups in total. The summed E-state index contributed by atoms with van der Waals surface area (Å²) in [5.74, 6) is 0. The maximum absolute atomic E-state index is 6.24. The van der Waals surface area contributed by atoms with Crippen LogP contribution in [0.2, 0.25) is 0 Å². The van der Waals surface area contributed by atoms with Crippen molar-refractivity contribution in [2.45, 2.75) is 63.4 Å². The van der Waals surface area contributed by atoms with Crippen LogP contribution in [0.15, 0.2) is 0 Å². The van der Waals surface area contributed by atoms with E-state index in [4.69, 9.17) is 9.47 Å². The van der Waals surface area contributed by atoms with Gasteiger partial charge in [0.2, 0.25) is 0 Å². The first-order valence-electron chi connectivity index (χ1n) is 6.12. The van der Waals surface area contributed by atoms with Crippen LogP contribution in [0.25, 0.3) is 0 Å². The maximum Gasteiger partial charge on any atom is 0.107 e. The molecule has 1 saturated heterocycles. The van der Waals surface area contributed by atoms with E-state index in [1.165, 1.54) is 12.8 Å². The fourth-order valence-electron chi connectivity index (χ4n) is 2.86. The van der Waals surface area contributed by atoms with E-state index in [1.54, 1.807) is 0 Å². The Kier molecular flexibility index (Phi) is 3.33. The predicted octanol–water partition coefficient (Wildman–Crippen LogP) is 1.71. The van der Waals surface area contributed by atoms with Gasteiger partial charge in [-0.1, -0.05) is 12.8 Å². The maximum atomic E-state index is 6.24. The van der Waals surface area contributed by atoms with Gasteiger partial charge in [-0.25, -0.2) is 0 Å². The van der Waals surface area contributed by atoms with Crippen LogP contribution in [0.1, 0.15) is 39.5 Å². The molecule has 2 aliphatic rings. The summed E-state index contributed by atoms with van der Waals surface area (Å²) in [5, 5.41) is 3.55. The highest BCUT2D eigenvalue weighted by Gasteiger charge is 2.46. The van der Waals surface area contributed by atoms with Crippen molar-refractivity contribution in [3.05, 3.63) is 0 Å². The van der Waals surface area contributed by atoms with Crippen molar-refractivity contribution in [1.82, 2.24) is 5.32 Å². The molecule has 15 heavy (non-hydrogen) atoms. The number of morpholine rings is 1. The lowest BCUT2D eigenvalue weighted by molar-refractivity contribution is -0.200. The largest absolute Gasteiger partial charge is 0.378 e. The Morgan fingerprint density at radius 2 is 2.13 bits per heavy atom. The summed E-state index contributed by atoms with van der Waals surface area (Å²) < 4.78 is 11.8. The lowest BCUT2D eigenvalue weighted by Crippen LogP contribution is -2.63. The number of methoxy groups -OCH3 is 1. The van der Waals surface area contributed by atoms with Gasteiger partial charge in [0.1, 0.15) is 5.60 Å². The second-order valence-corrected chi connectivity index (χ2v) is 5.03. The van der Waals surface area contributed by atoms with Crippen LogP contribution >= 0.6 is 0 Å². The minimum absolute atomic E-state index is 0.0566. The predicted molar refractivity (Wildman–Crippen MR) is 60.0 cm³/mol. The Labute approximate surface area is 92.5 Å². The minimum Gasteiger partial charge on any atom is -0.378 e. The first-order valence-corrected chi connectivity index (χ1v) is 6.12. The summed E-state index contributed by atoms with van der Waals surface area (Å²) in [7, 11) is 1.81. The number of hydrogen-bond donors (Lipinski definition) is 1. The van der Waals surface area contributed by atoms with E-state index in [2.05, 4.69) is 19.2 Å². The molecule has 2 fully saturated rings. The van der Waals surface area contributed by atoms with Crippen molar-refractivity contribution < 1.29 is 9.47 Å². The third-order valence-electron chi connectivity index (χ3n) is 4.04. The molecule has 1 aliphatic carbocycles. The zero-order chi connectivity index (χ0) is 10.9. The van der Waals surface area contributed by atoms with Crippen molar-refractivity contribution in [3.63, 3.8) is 0 Å². The first kappa shape index (κ1) is 11.4. The van der Waals surface area contributed by atoms with Crippen LogP contribution in [0.5, 0.6) is 0 Å². The van der Waals surface area contributed by atoms with Crippen LogP contribution in [0.3, 0.4) is 0 Å². The molecule has 1 spiro atoms. The van der Waals surface area contributed by atoms with Gasteiger partial charge in [0, 0.05) is 19.7 Å². The van der Waals surface area contributed by atoms with Gasteiger partial charge in [0.05, 0.1) is 12.2 Å². The fraction of sp³-hybridized carbons (Fsp3) is 1.00. The summed E-state index contributed by atoms with van der Waals surface area (Å²) in [6, 6.07) is 0.454. The highest BCUT2D eigenvalue weighted by Crippen LogP contribution is 2.36. The SMILES string of the molecule is COC1CCCCC12CNC(C)C(C)O2. The molecule has 0 bridgehead atoms. The molecule has 3 heteroatoms. The average molecular weight is 213 g/mol. The molecular weight excluding hydrogens is 190 g/mol. The molecule has 0 aromatic rings. The zero-order valence-electron chi connectivity index (χ0n) is 10.1. The summed E-state index contributed by atoms with van der Waals surface area (Å²) >= 11 is 0. The molecule has 88 valence electrons. The number of ether oxygens (including phenoxy) is 2. The molecule has 1 aliphatic heterocycles. The van der Waals surface area contributed by atoms with Crippen molar-refractivity contribution in [2.24, 2.45) is 0 Å². The van der Waals surface area contributed by atoms with Gasteiger partial charge >= 0.3 is 0 Å². The molecule has 1 heterocycles. The molecule has 4 atom stereocenters. The Bertz CT molecular complexity index is 222. The normalized spacial score (nSPS) is 47.0. The Hall–Kier alpha value is -0.120. The van der Waals surface area contributed by atoms with Gasteiger partial charge in [0.15, 0.2) is 0 Å². The second kappa shape index (κ2) is 4.40. The molecule has 2 rings (SSSR count). The fourth-order valence-corrected chi connectivity index (χ4v) is 2.86. The third-order valence-corrected chi connectivity index (χ3v) is 4.04. The lowest BCUT2D eigenvalue weighted by atomic mass is 9.80. The number of hydrogen-bond acceptors (Lipinski definition) is 3. The Balaban J connectivity index is 2.09. The van der Waals surface area contributed by atoms with E-state index in [1.807, 2.05) is 7.11 Å².